The summed E-state index contributed by atoms with van der Waals surface area (Å²) in [5, 5.41) is 8.50. The summed E-state index contributed by atoms with van der Waals surface area (Å²) in [6, 6.07) is 0. The average molecular weight is 314 g/mol. The van der Waals surface area contributed by atoms with Gasteiger partial charge in [-0.3, -0.25) is 0 Å². The molecule has 1 N–H and O–H groups in total. The predicted molar refractivity (Wildman–Crippen MR) is 76.1 cm³/mol. The zero-order chi connectivity index (χ0) is 16.4. The molecule has 1 atom stereocenters. The van der Waals surface area contributed by atoms with E-state index in [1.165, 1.54) is 7.11 Å². The Labute approximate surface area is 129 Å². The van der Waals surface area contributed by atoms with E-state index >= 15 is 0 Å². The van der Waals surface area contributed by atoms with E-state index in [2.05, 4.69) is 0 Å². The number of hydrogen-bond acceptors (Lipinski definition) is 6. The summed E-state index contributed by atoms with van der Waals surface area (Å²) in [6.07, 6.45) is 5.05. The molecule has 0 radical (unpaired) electrons. The van der Waals surface area contributed by atoms with Crippen molar-refractivity contribution >= 4 is 17.9 Å². The van der Waals surface area contributed by atoms with Gasteiger partial charge in [0.1, 0.15) is 6.61 Å². The fraction of sp³-hybridized carbons (Fsp3) is 0.667. The maximum Gasteiger partial charge on any atom is 0.347 e. The van der Waals surface area contributed by atoms with Crippen molar-refractivity contribution in [3.8, 4) is 0 Å². The van der Waals surface area contributed by atoms with Gasteiger partial charge in [0.25, 0.3) is 0 Å². The summed E-state index contributed by atoms with van der Waals surface area (Å²) in [7, 11) is 1.49. The van der Waals surface area contributed by atoms with E-state index in [9.17, 15) is 14.4 Å². The molecule has 0 aromatic heterocycles. The Balaban J connectivity index is 2.66. The summed E-state index contributed by atoms with van der Waals surface area (Å²) in [5.74, 6) is -2.82. The van der Waals surface area contributed by atoms with Gasteiger partial charge in [-0.15, -0.1) is 0 Å². The monoisotopic (exact) mass is 314 g/mol. The molecule has 0 amide bonds. The summed E-state index contributed by atoms with van der Waals surface area (Å²) in [5.41, 5.74) is 0. The maximum absolute atomic E-state index is 12.1. The topological polar surface area (TPSA) is 99.1 Å². The quantitative estimate of drug-likeness (QED) is 0.409. The number of carboxylic acids is 1. The first kappa shape index (κ1) is 18.2. The van der Waals surface area contributed by atoms with Crippen molar-refractivity contribution in [1.29, 1.82) is 0 Å². The van der Waals surface area contributed by atoms with E-state index in [4.69, 9.17) is 19.3 Å². The first-order valence-electron chi connectivity index (χ1n) is 7.31. The van der Waals surface area contributed by atoms with Gasteiger partial charge in [0.2, 0.25) is 6.10 Å². The summed E-state index contributed by atoms with van der Waals surface area (Å²) >= 11 is 0. The van der Waals surface area contributed by atoms with E-state index in [-0.39, 0.29) is 19.1 Å². The normalized spacial score (nSPS) is 17.1. The highest BCUT2D eigenvalue weighted by Crippen LogP contribution is 2.28. The number of carbonyl (C=O) groups excluding carboxylic acids is 2. The zero-order valence-corrected chi connectivity index (χ0v) is 12.7. The van der Waals surface area contributed by atoms with Crippen LogP contribution in [0.5, 0.6) is 0 Å². The van der Waals surface area contributed by atoms with Gasteiger partial charge in [-0.05, 0) is 12.8 Å². The Morgan fingerprint density at radius 3 is 2.41 bits per heavy atom. The smallest absolute Gasteiger partial charge is 0.347 e. The van der Waals surface area contributed by atoms with Gasteiger partial charge >= 0.3 is 17.9 Å². The molecule has 7 heteroatoms. The number of esters is 2. The molecule has 1 rings (SSSR count). The second-order valence-corrected chi connectivity index (χ2v) is 5.09. The number of carboxylic acid groups (broad SMARTS) is 1. The molecule has 0 heterocycles. The minimum atomic E-state index is -1.26. The molecule has 1 aliphatic carbocycles. The molecular weight excluding hydrogens is 292 g/mol. The number of carbonyl (C=O) groups is 3. The lowest BCUT2D eigenvalue weighted by molar-refractivity contribution is -0.170. The summed E-state index contributed by atoms with van der Waals surface area (Å²) in [4.78, 5) is 34.1. The van der Waals surface area contributed by atoms with Crippen LogP contribution in [0.4, 0.5) is 0 Å². The Hall–Kier alpha value is -1.89. The number of ether oxygens (including phenoxy) is 3. The maximum atomic E-state index is 12.1. The van der Waals surface area contributed by atoms with Crippen molar-refractivity contribution in [1.82, 2.24) is 0 Å². The second-order valence-electron chi connectivity index (χ2n) is 5.09. The predicted octanol–water partition coefficient (Wildman–Crippen LogP) is 1.31. The minimum absolute atomic E-state index is 0.0844. The van der Waals surface area contributed by atoms with Crippen LogP contribution >= 0.6 is 0 Å². The van der Waals surface area contributed by atoms with Gasteiger partial charge in [0, 0.05) is 25.2 Å². The van der Waals surface area contributed by atoms with Crippen molar-refractivity contribution in [3.63, 3.8) is 0 Å². The van der Waals surface area contributed by atoms with Crippen molar-refractivity contribution in [2.24, 2.45) is 5.92 Å². The van der Waals surface area contributed by atoms with E-state index in [0.717, 1.165) is 38.2 Å². The summed E-state index contributed by atoms with van der Waals surface area (Å²) in [6.45, 7) is 0.344. The lowest BCUT2D eigenvalue weighted by Gasteiger charge is -2.28. The lowest BCUT2D eigenvalue weighted by Crippen LogP contribution is -2.37. The molecule has 124 valence electrons. The van der Waals surface area contributed by atoms with Crippen LogP contribution in [0.25, 0.3) is 0 Å². The van der Waals surface area contributed by atoms with Crippen molar-refractivity contribution < 1.29 is 33.7 Å². The molecule has 0 saturated heterocycles. The Morgan fingerprint density at radius 1 is 1.14 bits per heavy atom. The van der Waals surface area contributed by atoms with E-state index in [1.807, 2.05) is 0 Å². The van der Waals surface area contributed by atoms with Crippen LogP contribution in [-0.2, 0) is 28.6 Å². The molecule has 22 heavy (non-hydrogen) atoms. The molecule has 1 fully saturated rings. The largest absolute Gasteiger partial charge is 0.478 e. The van der Waals surface area contributed by atoms with Crippen molar-refractivity contribution in [2.45, 2.75) is 38.2 Å². The van der Waals surface area contributed by atoms with Gasteiger partial charge in [-0.25, -0.2) is 14.4 Å². The lowest BCUT2D eigenvalue weighted by atomic mass is 9.85. The molecule has 1 saturated carbocycles. The molecule has 0 aromatic rings. The summed E-state index contributed by atoms with van der Waals surface area (Å²) < 4.78 is 15.0. The highest BCUT2D eigenvalue weighted by molar-refractivity contribution is 5.92. The first-order valence-corrected chi connectivity index (χ1v) is 7.31. The Morgan fingerprint density at radius 2 is 1.82 bits per heavy atom. The molecule has 1 unspecified atom stereocenters. The van der Waals surface area contributed by atoms with Crippen LogP contribution < -0.4 is 0 Å². The Bertz CT molecular complexity index is 410. The third-order valence-corrected chi connectivity index (χ3v) is 3.45. The van der Waals surface area contributed by atoms with Crippen molar-refractivity contribution in [2.75, 3.05) is 20.3 Å². The van der Waals surface area contributed by atoms with Crippen LogP contribution in [-0.4, -0.2) is 49.4 Å². The van der Waals surface area contributed by atoms with Crippen LogP contribution in [0.3, 0.4) is 0 Å². The molecule has 7 nitrogen and oxygen atoms in total. The average Bonchev–Trinajstić information content (AvgIpc) is 2.51. The van der Waals surface area contributed by atoms with Gasteiger partial charge in [0.05, 0.1) is 6.61 Å². The third kappa shape index (κ3) is 6.71. The Kier molecular flexibility index (Phi) is 8.21. The van der Waals surface area contributed by atoms with E-state index < -0.39 is 24.0 Å². The molecule has 0 aromatic carbocycles. The second kappa shape index (κ2) is 9.94. The zero-order valence-electron chi connectivity index (χ0n) is 12.7. The fourth-order valence-electron chi connectivity index (χ4n) is 2.39. The molecule has 1 aliphatic rings. The highest BCUT2D eigenvalue weighted by atomic mass is 16.6. The number of hydrogen-bond donors (Lipinski definition) is 1. The third-order valence-electron chi connectivity index (χ3n) is 3.45. The molecular formula is C15H22O7. The van der Waals surface area contributed by atoms with Gasteiger partial charge in [-0.2, -0.15) is 0 Å². The van der Waals surface area contributed by atoms with Crippen molar-refractivity contribution in [3.05, 3.63) is 12.2 Å². The first-order chi connectivity index (χ1) is 10.5. The van der Waals surface area contributed by atoms with Crippen LogP contribution in [0.15, 0.2) is 12.2 Å². The van der Waals surface area contributed by atoms with Crippen LogP contribution in [0, 0.1) is 5.92 Å². The van der Waals surface area contributed by atoms with Gasteiger partial charge in [0.15, 0.2) is 0 Å². The van der Waals surface area contributed by atoms with Crippen LogP contribution in [0.2, 0.25) is 0 Å². The minimum Gasteiger partial charge on any atom is -0.478 e. The van der Waals surface area contributed by atoms with E-state index in [1.54, 1.807) is 0 Å². The van der Waals surface area contributed by atoms with Crippen LogP contribution in [0.1, 0.15) is 32.1 Å². The van der Waals surface area contributed by atoms with E-state index in [0.29, 0.717) is 6.08 Å². The SMILES string of the molecule is COCCOC(=O)C(OC(=O)/C=C/C(=O)O)C1CCCCC1. The van der Waals surface area contributed by atoms with Gasteiger partial charge in [-0.1, -0.05) is 19.3 Å². The number of aliphatic carboxylic acids is 1. The van der Waals surface area contributed by atoms with Gasteiger partial charge < -0.3 is 19.3 Å². The number of methoxy groups -OCH3 is 1. The standard InChI is InChI=1S/C15H22O7/c1-20-9-10-21-15(19)14(11-5-3-2-4-6-11)22-13(18)8-7-12(16)17/h7-8,11,14H,2-6,9-10H2,1H3,(H,16,17)/b8-7+. The number of rotatable bonds is 8. The molecule has 0 spiro atoms. The molecule has 0 bridgehead atoms. The fourth-order valence-corrected chi connectivity index (χ4v) is 2.39. The molecule has 0 aliphatic heterocycles. The highest BCUT2D eigenvalue weighted by Gasteiger charge is 2.33.